The molecule has 0 unspecified atom stereocenters. The number of unbranched alkanes of at least 4 members (excludes halogenated alkanes) is 2. The van der Waals surface area contributed by atoms with Gasteiger partial charge in [-0.05, 0) is 6.42 Å². The van der Waals surface area contributed by atoms with E-state index < -0.39 is 24.2 Å². The Hall–Kier alpha value is -0.330. The van der Waals surface area contributed by atoms with Crippen molar-refractivity contribution in [1.29, 1.82) is 0 Å². The lowest BCUT2D eigenvalue weighted by atomic mass is 10.1. The van der Waals surface area contributed by atoms with Crippen molar-refractivity contribution >= 4 is 0 Å². The number of ether oxygens (including phenoxy) is 1. The zero-order valence-electron chi connectivity index (χ0n) is 8.42. The van der Waals surface area contributed by atoms with Gasteiger partial charge >= 0.3 is 6.18 Å². The summed E-state index contributed by atoms with van der Waals surface area (Å²) in [5.74, 6) is -3.70. The van der Waals surface area contributed by atoms with Crippen LogP contribution in [0.1, 0.15) is 32.6 Å². The van der Waals surface area contributed by atoms with Crippen LogP contribution in [0, 0.1) is 0 Å². The SMILES string of the molecule is CCCCC[C@H]1O[C@@H]1C(O)(O)C(F)(F)F. The van der Waals surface area contributed by atoms with Crippen LogP contribution in [-0.2, 0) is 4.74 Å². The molecule has 2 N–H and O–H groups in total. The maximum absolute atomic E-state index is 12.1. The molecule has 1 heterocycles. The van der Waals surface area contributed by atoms with Crippen LogP contribution in [0.3, 0.4) is 0 Å². The second-order valence-electron chi connectivity index (χ2n) is 3.81. The average Bonchev–Trinajstić information content (AvgIpc) is 2.82. The van der Waals surface area contributed by atoms with Crippen molar-refractivity contribution in [2.45, 2.75) is 56.8 Å². The van der Waals surface area contributed by atoms with Crippen LogP contribution in [0.15, 0.2) is 0 Å². The summed E-state index contributed by atoms with van der Waals surface area (Å²) < 4.78 is 41.0. The molecule has 0 aromatic heterocycles. The van der Waals surface area contributed by atoms with Gasteiger partial charge in [0.1, 0.15) is 6.10 Å². The average molecular weight is 228 g/mol. The highest BCUT2D eigenvalue weighted by molar-refractivity contribution is 4.98. The maximum Gasteiger partial charge on any atom is 0.445 e. The molecule has 90 valence electrons. The molecular formula is C9H15F3O3. The molecule has 0 bridgehead atoms. The van der Waals surface area contributed by atoms with Crippen molar-refractivity contribution in [3.05, 3.63) is 0 Å². The molecule has 0 amide bonds. The van der Waals surface area contributed by atoms with Gasteiger partial charge in [-0.15, -0.1) is 0 Å². The summed E-state index contributed by atoms with van der Waals surface area (Å²) >= 11 is 0. The number of halogens is 3. The highest BCUT2D eigenvalue weighted by Gasteiger charge is 2.67. The molecule has 3 nitrogen and oxygen atoms in total. The monoisotopic (exact) mass is 228 g/mol. The largest absolute Gasteiger partial charge is 0.445 e. The summed E-state index contributed by atoms with van der Waals surface area (Å²) in [6.45, 7) is 1.98. The van der Waals surface area contributed by atoms with Gasteiger partial charge in [-0.2, -0.15) is 13.2 Å². The second-order valence-corrected chi connectivity index (χ2v) is 3.81. The summed E-state index contributed by atoms with van der Waals surface area (Å²) in [4.78, 5) is 0. The maximum atomic E-state index is 12.1. The van der Waals surface area contributed by atoms with E-state index in [0.29, 0.717) is 6.42 Å². The molecule has 1 aliphatic heterocycles. The fourth-order valence-corrected chi connectivity index (χ4v) is 1.47. The molecule has 1 aliphatic rings. The van der Waals surface area contributed by atoms with E-state index in [1.165, 1.54) is 0 Å². The summed E-state index contributed by atoms with van der Waals surface area (Å²) in [7, 11) is 0. The number of hydrogen-bond acceptors (Lipinski definition) is 3. The van der Waals surface area contributed by atoms with Crippen LogP contribution in [-0.4, -0.2) is 34.4 Å². The normalized spacial score (nSPS) is 26.8. The first-order valence-corrected chi connectivity index (χ1v) is 4.97. The molecule has 0 aromatic carbocycles. The van der Waals surface area contributed by atoms with Crippen molar-refractivity contribution in [1.82, 2.24) is 0 Å². The van der Waals surface area contributed by atoms with Gasteiger partial charge in [0.15, 0.2) is 0 Å². The van der Waals surface area contributed by atoms with Gasteiger partial charge in [-0.25, -0.2) is 0 Å². The lowest BCUT2D eigenvalue weighted by Crippen LogP contribution is -2.50. The van der Waals surface area contributed by atoms with Gasteiger partial charge in [0.05, 0.1) is 6.10 Å². The molecular weight excluding hydrogens is 213 g/mol. The molecule has 0 saturated carbocycles. The van der Waals surface area contributed by atoms with Gasteiger partial charge in [-0.3, -0.25) is 0 Å². The number of alkyl halides is 3. The van der Waals surface area contributed by atoms with E-state index in [1.807, 2.05) is 6.92 Å². The van der Waals surface area contributed by atoms with Gasteiger partial charge < -0.3 is 14.9 Å². The minimum absolute atomic E-state index is 0.442. The Bertz CT molecular complexity index is 215. The predicted octanol–water partition coefficient (Wildman–Crippen LogP) is 1.58. The van der Waals surface area contributed by atoms with Crippen molar-refractivity contribution in [3.8, 4) is 0 Å². The minimum atomic E-state index is -5.06. The number of epoxide rings is 1. The Morgan fingerprint density at radius 3 is 2.27 bits per heavy atom. The number of hydrogen-bond donors (Lipinski definition) is 2. The first kappa shape index (κ1) is 12.7. The molecule has 0 radical (unpaired) electrons. The topological polar surface area (TPSA) is 53.0 Å². The molecule has 1 rings (SSSR count). The third kappa shape index (κ3) is 2.83. The van der Waals surface area contributed by atoms with Crippen molar-refractivity contribution < 1.29 is 28.1 Å². The van der Waals surface area contributed by atoms with Crippen LogP contribution in [0.5, 0.6) is 0 Å². The van der Waals surface area contributed by atoms with Gasteiger partial charge in [0.2, 0.25) is 0 Å². The Labute approximate surface area is 85.9 Å². The predicted molar refractivity (Wildman–Crippen MR) is 46.0 cm³/mol. The first-order chi connectivity index (χ1) is 6.80. The quantitative estimate of drug-likeness (QED) is 0.426. The summed E-state index contributed by atoms with van der Waals surface area (Å²) in [5, 5.41) is 17.6. The van der Waals surface area contributed by atoms with Crippen molar-refractivity contribution in [3.63, 3.8) is 0 Å². The summed E-state index contributed by atoms with van der Waals surface area (Å²) in [5.41, 5.74) is 0. The van der Waals surface area contributed by atoms with Crippen LogP contribution in [0.2, 0.25) is 0 Å². The van der Waals surface area contributed by atoms with E-state index in [2.05, 4.69) is 4.74 Å². The zero-order chi connectivity index (χ0) is 11.7. The molecule has 6 heteroatoms. The Kier molecular flexibility index (Phi) is 3.63. The summed E-state index contributed by atoms with van der Waals surface area (Å²) in [6.07, 6.45) is -4.20. The van der Waals surface area contributed by atoms with E-state index in [9.17, 15) is 13.2 Å². The van der Waals surface area contributed by atoms with E-state index in [-0.39, 0.29) is 0 Å². The molecule has 15 heavy (non-hydrogen) atoms. The lowest BCUT2D eigenvalue weighted by molar-refractivity contribution is -0.355. The van der Waals surface area contributed by atoms with Crippen molar-refractivity contribution in [2.24, 2.45) is 0 Å². The molecule has 1 fully saturated rings. The van der Waals surface area contributed by atoms with Crippen molar-refractivity contribution in [2.75, 3.05) is 0 Å². The minimum Gasteiger partial charge on any atom is -0.363 e. The Balaban J connectivity index is 2.36. The summed E-state index contributed by atoms with van der Waals surface area (Å²) in [6, 6.07) is 0. The zero-order valence-corrected chi connectivity index (χ0v) is 8.42. The number of rotatable bonds is 5. The molecule has 1 saturated heterocycles. The van der Waals surface area contributed by atoms with Crippen LogP contribution < -0.4 is 0 Å². The molecule has 0 aliphatic carbocycles. The van der Waals surface area contributed by atoms with Crippen LogP contribution in [0.25, 0.3) is 0 Å². The highest BCUT2D eigenvalue weighted by Crippen LogP contribution is 2.42. The molecule has 2 atom stereocenters. The fraction of sp³-hybridized carbons (Fsp3) is 1.00. The van der Waals surface area contributed by atoms with E-state index in [1.54, 1.807) is 0 Å². The second kappa shape index (κ2) is 4.27. The fourth-order valence-electron chi connectivity index (χ4n) is 1.47. The van der Waals surface area contributed by atoms with Gasteiger partial charge in [-0.1, -0.05) is 26.2 Å². The Morgan fingerprint density at radius 2 is 1.80 bits per heavy atom. The highest BCUT2D eigenvalue weighted by atomic mass is 19.4. The standard InChI is InChI=1S/C9H15F3O3/c1-2-3-4-5-6-7(15-6)8(13,14)9(10,11)12/h6-7,13-14H,2-5H2,1H3/t6-,7+/m1/s1. The first-order valence-electron chi connectivity index (χ1n) is 4.97. The third-order valence-electron chi connectivity index (χ3n) is 2.49. The lowest BCUT2D eigenvalue weighted by Gasteiger charge is -2.22. The van der Waals surface area contributed by atoms with Crippen LogP contribution >= 0.6 is 0 Å². The molecule has 0 aromatic rings. The van der Waals surface area contributed by atoms with E-state index in [4.69, 9.17) is 10.2 Å². The van der Waals surface area contributed by atoms with Gasteiger partial charge in [0, 0.05) is 0 Å². The van der Waals surface area contributed by atoms with Gasteiger partial charge in [0.25, 0.3) is 5.79 Å². The molecule has 0 spiro atoms. The van der Waals surface area contributed by atoms with E-state index in [0.717, 1.165) is 19.3 Å². The van der Waals surface area contributed by atoms with E-state index >= 15 is 0 Å². The number of aliphatic hydroxyl groups is 2. The third-order valence-corrected chi connectivity index (χ3v) is 2.49. The smallest absolute Gasteiger partial charge is 0.363 e. The Morgan fingerprint density at radius 1 is 1.20 bits per heavy atom. The van der Waals surface area contributed by atoms with Crippen LogP contribution in [0.4, 0.5) is 13.2 Å².